The summed E-state index contributed by atoms with van der Waals surface area (Å²) in [7, 11) is 0. The molecule has 0 heterocycles. The van der Waals surface area contributed by atoms with Crippen molar-refractivity contribution in [3.05, 3.63) is 28.3 Å². The summed E-state index contributed by atoms with van der Waals surface area (Å²) < 4.78 is 0. The highest BCUT2D eigenvalue weighted by Gasteiger charge is 2.17. The molecule has 0 spiro atoms. The molecule has 4 N–H and O–H groups in total. The summed E-state index contributed by atoms with van der Waals surface area (Å²) in [6.45, 7) is 4.02. The second-order valence-electron chi connectivity index (χ2n) is 4.63. The largest absolute Gasteiger partial charge is 0.506 e. The van der Waals surface area contributed by atoms with Crippen LogP contribution in [0.2, 0.25) is 5.02 Å². The Labute approximate surface area is 111 Å². The molecule has 0 saturated carbocycles. The van der Waals surface area contributed by atoms with Crippen LogP contribution in [0.5, 0.6) is 5.75 Å². The monoisotopic (exact) mass is 271 g/mol. The van der Waals surface area contributed by atoms with E-state index in [0.717, 1.165) is 5.56 Å². The average molecular weight is 272 g/mol. The van der Waals surface area contributed by atoms with Gasteiger partial charge in [-0.05, 0) is 24.0 Å². The van der Waals surface area contributed by atoms with Gasteiger partial charge < -0.3 is 15.9 Å². The Balaban J connectivity index is 3.02. The molecular formula is C13H18ClNO3. The predicted octanol–water partition coefficient (Wildman–Crippen LogP) is 3.03. The van der Waals surface area contributed by atoms with Crippen LogP contribution in [0.3, 0.4) is 0 Å². The second kappa shape index (κ2) is 6.07. The molecule has 0 radical (unpaired) electrons. The molecule has 1 unspecified atom stereocenters. The zero-order chi connectivity index (χ0) is 13.9. The lowest BCUT2D eigenvalue weighted by atomic mass is 9.95. The minimum Gasteiger partial charge on any atom is -0.506 e. The van der Waals surface area contributed by atoms with Gasteiger partial charge in [-0.25, -0.2) is 0 Å². The molecule has 0 aliphatic heterocycles. The number of benzene rings is 1. The van der Waals surface area contributed by atoms with Crippen molar-refractivity contribution in [2.45, 2.75) is 38.6 Å². The van der Waals surface area contributed by atoms with E-state index in [1.807, 2.05) is 13.8 Å². The fourth-order valence-corrected chi connectivity index (χ4v) is 1.93. The van der Waals surface area contributed by atoms with E-state index in [2.05, 4.69) is 0 Å². The van der Waals surface area contributed by atoms with E-state index in [0.29, 0.717) is 5.56 Å². The Morgan fingerprint density at radius 1 is 1.44 bits per heavy atom. The molecule has 18 heavy (non-hydrogen) atoms. The molecule has 4 nitrogen and oxygen atoms in total. The normalized spacial score (nSPS) is 12.7. The van der Waals surface area contributed by atoms with Crippen LogP contribution in [0.25, 0.3) is 0 Å². The maximum atomic E-state index is 10.5. The van der Waals surface area contributed by atoms with Crippen molar-refractivity contribution in [1.82, 2.24) is 0 Å². The molecule has 0 bridgehead atoms. The fourth-order valence-electron chi connectivity index (χ4n) is 1.69. The molecule has 0 fully saturated rings. The number of nitrogens with two attached hydrogens (primary N) is 1. The summed E-state index contributed by atoms with van der Waals surface area (Å²) in [6, 6.07) is 2.96. The second-order valence-corrected chi connectivity index (χ2v) is 5.04. The molecule has 1 rings (SSSR count). The number of phenolic OH excluding ortho intramolecular Hbond substituents is 1. The zero-order valence-electron chi connectivity index (χ0n) is 10.5. The molecule has 0 saturated heterocycles. The van der Waals surface area contributed by atoms with Crippen LogP contribution in [-0.4, -0.2) is 16.2 Å². The minimum absolute atomic E-state index is 0.0376. The van der Waals surface area contributed by atoms with Gasteiger partial charge in [-0.3, -0.25) is 4.79 Å². The Kier molecular flexibility index (Phi) is 4.99. The molecule has 0 aliphatic rings. The van der Waals surface area contributed by atoms with Gasteiger partial charge in [-0.2, -0.15) is 0 Å². The summed E-state index contributed by atoms with van der Waals surface area (Å²) in [4.78, 5) is 10.5. The van der Waals surface area contributed by atoms with Crippen molar-refractivity contribution in [1.29, 1.82) is 0 Å². The van der Waals surface area contributed by atoms with E-state index >= 15 is 0 Å². The highest BCUT2D eigenvalue weighted by molar-refractivity contribution is 6.32. The number of hydrogen-bond donors (Lipinski definition) is 3. The summed E-state index contributed by atoms with van der Waals surface area (Å²) in [5.41, 5.74) is 7.38. The Bertz CT molecular complexity index is 446. The van der Waals surface area contributed by atoms with Crippen molar-refractivity contribution in [2.75, 3.05) is 0 Å². The molecule has 0 aliphatic carbocycles. The van der Waals surface area contributed by atoms with E-state index in [1.54, 1.807) is 12.1 Å². The number of phenols is 1. The van der Waals surface area contributed by atoms with Crippen LogP contribution < -0.4 is 5.73 Å². The quantitative estimate of drug-likeness (QED) is 0.769. The minimum atomic E-state index is -0.906. The van der Waals surface area contributed by atoms with Crippen molar-refractivity contribution in [2.24, 2.45) is 5.73 Å². The number of aromatic hydroxyl groups is 1. The van der Waals surface area contributed by atoms with Crippen LogP contribution in [0, 0.1) is 0 Å². The lowest BCUT2D eigenvalue weighted by Gasteiger charge is -2.17. The van der Waals surface area contributed by atoms with Gasteiger partial charge in [-0.1, -0.05) is 31.5 Å². The van der Waals surface area contributed by atoms with Crippen LogP contribution >= 0.6 is 11.6 Å². The highest BCUT2D eigenvalue weighted by atomic mass is 35.5. The first-order valence-corrected chi connectivity index (χ1v) is 6.20. The van der Waals surface area contributed by atoms with Gasteiger partial charge in [0, 0.05) is 18.0 Å². The summed E-state index contributed by atoms with van der Waals surface area (Å²) in [5, 5.41) is 18.8. The average Bonchev–Trinajstić information content (AvgIpc) is 2.29. The third-order valence-corrected chi connectivity index (χ3v) is 3.14. The van der Waals surface area contributed by atoms with Crippen LogP contribution in [0.1, 0.15) is 49.8 Å². The number of carbonyl (C=O) groups is 1. The molecule has 0 amide bonds. The predicted molar refractivity (Wildman–Crippen MR) is 71.0 cm³/mol. The Morgan fingerprint density at radius 3 is 2.56 bits per heavy atom. The SMILES string of the molecule is CC(C)c1cc(Cl)c(O)c(C(N)CCC(=O)O)c1. The number of halogens is 1. The first-order chi connectivity index (χ1) is 8.32. The smallest absolute Gasteiger partial charge is 0.303 e. The Morgan fingerprint density at radius 2 is 2.06 bits per heavy atom. The van der Waals surface area contributed by atoms with Crippen molar-refractivity contribution in [3.63, 3.8) is 0 Å². The van der Waals surface area contributed by atoms with E-state index in [1.165, 1.54) is 0 Å². The molecule has 5 heteroatoms. The summed E-state index contributed by atoms with van der Waals surface area (Å²) in [5.74, 6) is -0.705. The third-order valence-electron chi connectivity index (χ3n) is 2.85. The van der Waals surface area contributed by atoms with E-state index in [-0.39, 0.29) is 29.5 Å². The number of hydrogen-bond acceptors (Lipinski definition) is 3. The number of carboxylic acids is 1. The lowest BCUT2D eigenvalue weighted by Crippen LogP contribution is -2.13. The summed E-state index contributed by atoms with van der Waals surface area (Å²) in [6.07, 6.45) is 0.227. The first-order valence-electron chi connectivity index (χ1n) is 5.82. The van der Waals surface area contributed by atoms with E-state index < -0.39 is 12.0 Å². The van der Waals surface area contributed by atoms with Crippen LogP contribution in [0.15, 0.2) is 12.1 Å². The maximum Gasteiger partial charge on any atom is 0.303 e. The molecule has 1 aromatic rings. The molecular weight excluding hydrogens is 254 g/mol. The third kappa shape index (κ3) is 3.62. The van der Waals surface area contributed by atoms with E-state index in [9.17, 15) is 9.90 Å². The van der Waals surface area contributed by atoms with Gasteiger partial charge in [0.1, 0.15) is 5.75 Å². The van der Waals surface area contributed by atoms with Gasteiger partial charge in [0.05, 0.1) is 5.02 Å². The Hall–Kier alpha value is -1.26. The molecule has 1 aromatic carbocycles. The van der Waals surface area contributed by atoms with Crippen LogP contribution in [0.4, 0.5) is 0 Å². The van der Waals surface area contributed by atoms with Crippen molar-refractivity contribution < 1.29 is 15.0 Å². The summed E-state index contributed by atoms with van der Waals surface area (Å²) >= 11 is 5.95. The van der Waals surface area contributed by atoms with Crippen molar-refractivity contribution >= 4 is 17.6 Å². The first kappa shape index (κ1) is 14.8. The topological polar surface area (TPSA) is 83.5 Å². The van der Waals surface area contributed by atoms with Gasteiger partial charge >= 0.3 is 5.97 Å². The van der Waals surface area contributed by atoms with Crippen LogP contribution in [-0.2, 0) is 4.79 Å². The van der Waals surface area contributed by atoms with Crippen molar-refractivity contribution in [3.8, 4) is 5.75 Å². The number of aliphatic carboxylic acids is 1. The lowest BCUT2D eigenvalue weighted by molar-refractivity contribution is -0.137. The molecule has 100 valence electrons. The molecule has 1 atom stereocenters. The van der Waals surface area contributed by atoms with Gasteiger partial charge in [0.15, 0.2) is 0 Å². The zero-order valence-corrected chi connectivity index (χ0v) is 11.2. The molecule has 0 aromatic heterocycles. The van der Waals surface area contributed by atoms with Gasteiger partial charge in [0.25, 0.3) is 0 Å². The highest BCUT2D eigenvalue weighted by Crippen LogP contribution is 2.35. The number of carboxylic acid groups (broad SMARTS) is 1. The van der Waals surface area contributed by atoms with Gasteiger partial charge in [0.2, 0.25) is 0 Å². The maximum absolute atomic E-state index is 10.5. The number of rotatable bonds is 5. The standard InChI is InChI=1S/C13H18ClNO3/c1-7(2)8-5-9(13(18)10(14)6-8)11(15)3-4-12(16)17/h5-7,11,18H,3-4,15H2,1-2H3,(H,16,17). The van der Waals surface area contributed by atoms with E-state index in [4.69, 9.17) is 22.4 Å². The van der Waals surface area contributed by atoms with Gasteiger partial charge in [-0.15, -0.1) is 0 Å². The fraction of sp³-hybridized carbons (Fsp3) is 0.462.